The van der Waals surface area contributed by atoms with Gasteiger partial charge in [-0.2, -0.15) is 0 Å². The molecule has 0 aliphatic carbocycles. The lowest BCUT2D eigenvalue weighted by molar-refractivity contribution is 0.394. The first-order valence-corrected chi connectivity index (χ1v) is 4.92. The van der Waals surface area contributed by atoms with Crippen molar-refractivity contribution in [2.24, 2.45) is 0 Å². The maximum absolute atomic E-state index is 5.21. The molecule has 0 unspecified atom stereocenters. The Morgan fingerprint density at radius 3 is 2.25 bits per heavy atom. The van der Waals surface area contributed by atoms with E-state index in [0.29, 0.717) is 17.4 Å². The van der Waals surface area contributed by atoms with Gasteiger partial charge in [-0.1, -0.05) is 0 Å². The van der Waals surface area contributed by atoms with Crippen LogP contribution in [-0.4, -0.2) is 24.4 Å². The van der Waals surface area contributed by atoms with E-state index in [4.69, 9.17) is 26.1 Å². The monoisotopic (exact) mass is 238 g/mol. The van der Waals surface area contributed by atoms with Gasteiger partial charge in [-0.05, 0) is 24.4 Å². The van der Waals surface area contributed by atoms with E-state index in [2.05, 4.69) is 10.2 Å². The molecule has 1 N–H and O–H groups in total. The summed E-state index contributed by atoms with van der Waals surface area (Å²) in [5.41, 5.74) is 0.739. The highest BCUT2D eigenvalue weighted by atomic mass is 32.1. The average Bonchev–Trinajstić information content (AvgIpc) is 2.75. The standard InChI is InChI=1S/C10H10N2O3S/c1-13-7-3-6(4-8(5-7)14-2)9-11-12-10(16)15-9/h3-5H,1-2H3,(H,12,16). The molecule has 0 aliphatic heterocycles. The third-order valence-electron chi connectivity index (χ3n) is 2.04. The molecular weight excluding hydrogens is 228 g/mol. The zero-order valence-corrected chi connectivity index (χ0v) is 9.63. The van der Waals surface area contributed by atoms with Gasteiger partial charge in [0.2, 0.25) is 5.89 Å². The molecular formula is C10H10N2O3S. The Hall–Kier alpha value is -1.82. The second kappa shape index (κ2) is 4.36. The van der Waals surface area contributed by atoms with Crippen LogP contribution in [0.25, 0.3) is 11.5 Å². The number of aromatic amines is 1. The number of methoxy groups -OCH3 is 2. The van der Waals surface area contributed by atoms with Crippen molar-refractivity contribution in [3.63, 3.8) is 0 Å². The number of ether oxygens (including phenoxy) is 2. The number of nitrogens with zero attached hydrogens (tertiary/aromatic N) is 1. The number of nitrogens with one attached hydrogen (secondary N) is 1. The summed E-state index contributed by atoms with van der Waals surface area (Å²) in [6, 6.07) is 5.35. The molecule has 1 aromatic carbocycles. The minimum absolute atomic E-state index is 0.233. The van der Waals surface area contributed by atoms with Crippen LogP contribution in [0.2, 0.25) is 0 Å². The fraction of sp³-hybridized carbons (Fsp3) is 0.200. The van der Waals surface area contributed by atoms with E-state index in [1.807, 2.05) is 0 Å². The molecule has 84 valence electrons. The molecule has 2 rings (SSSR count). The van der Waals surface area contributed by atoms with Gasteiger partial charge in [-0.3, -0.25) is 0 Å². The summed E-state index contributed by atoms with van der Waals surface area (Å²) in [5, 5.41) is 6.49. The van der Waals surface area contributed by atoms with E-state index in [9.17, 15) is 0 Å². The van der Waals surface area contributed by atoms with Crippen LogP contribution < -0.4 is 9.47 Å². The Bertz CT molecular complexity index is 525. The van der Waals surface area contributed by atoms with E-state index in [-0.39, 0.29) is 4.84 Å². The Kier molecular flexibility index (Phi) is 2.91. The Balaban J connectivity index is 2.51. The number of rotatable bonds is 3. The van der Waals surface area contributed by atoms with Crippen molar-refractivity contribution in [1.29, 1.82) is 0 Å². The molecule has 6 heteroatoms. The summed E-state index contributed by atoms with van der Waals surface area (Å²) in [4.78, 5) is 0.233. The van der Waals surface area contributed by atoms with Crippen molar-refractivity contribution in [3.8, 4) is 23.0 Å². The van der Waals surface area contributed by atoms with E-state index >= 15 is 0 Å². The predicted molar refractivity (Wildman–Crippen MR) is 60.2 cm³/mol. The number of hydrogen-bond acceptors (Lipinski definition) is 5. The number of benzene rings is 1. The molecule has 0 atom stereocenters. The fourth-order valence-electron chi connectivity index (χ4n) is 1.28. The third-order valence-corrected chi connectivity index (χ3v) is 2.21. The Morgan fingerprint density at radius 1 is 1.19 bits per heavy atom. The molecule has 0 bridgehead atoms. The van der Waals surface area contributed by atoms with Gasteiger partial charge < -0.3 is 13.9 Å². The van der Waals surface area contributed by atoms with Crippen LogP contribution in [-0.2, 0) is 0 Å². The van der Waals surface area contributed by atoms with Gasteiger partial charge in [-0.15, -0.1) is 5.10 Å². The summed E-state index contributed by atoms with van der Waals surface area (Å²) in [7, 11) is 3.16. The van der Waals surface area contributed by atoms with Crippen LogP contribution in [0.4, 0.5) is 0 Å². The maximum Gasteiger partial charge on any atom is 0.284 e. The Morgan fingerprint density at radius 2 is 1.81 bits per heavy atom. The van der Waals surface area contributed by atoms with Crippen molar-refractivity contribution in [2.45, 2.75) is 0 Å². The van der Waals surface area contributed by atoms with Gasteiger partial charge in [0.1, 0.15) is 11.5 Å². The topological polar surface area (TPSA) is 60.3 Å². The largest absolute Gasteiger partial charge is 0.497 e. The minimum atomic E-state index is 0.233. The lowest BCUT2D eigenvalue weighted by Crippen LogP contribution is -1.88. The van der Waals surface area contributed by atoms with Crippen molar-refractivity contribution in [1.82, 2.24) is 10.2 Å². The van der Waals surface area contributed by atoms with Crippen molar-refractivity contribution >= 4 is 12.2 Å². The highest BCUT2D eigenvalue weighted by Crippen LogP contribution is 2.28. The molecule has 0 fully saturated rings. The van der Waals surface area contributed by atoms with Gasteiger partial charge in [0.25, 0.3) is 4.84 Å². The highest BCUT2D eigenvalue weighted by Gasteiger charge is 2.08. The van der Waals surface area contributed by atoms with Crippen molar-refractivity contribution in [3.05, 3.63) is 23.0 Å². The second-order valence-electron chi connectivity index (χ2n) is 3.02. The van der Waals surface area contributed by atoms with E-state index in [1.165, 1.54) is 0 Å². The fourth-order valence-corrected chi connectivity index (χ4v) is 1.41. The molecule has 1 aromatic heterocycles. The van der Waals surface area contributed by atoms with Crippen LogP contribution in [0.5, 0.6) is 11.5 Å². The lowest BCUT2D eigenvalue weighted by atomic mass is 10.2. The van der Waals surface area contributed by atoms with E-state index in [1.54, 1.807) is 32.4 Å². The number of H-pyrrole nitrogens is 1. The zero-order valence-electron chi connectivity index (χ0n) is 8.81. The van der Waals surface area contributed by atoms with Crippen LogP contribution in [0.3, 0.4) is 0 Å². The van der Waals surface area contributed by atoms with Crippen LogP contribution >= 0.6 is 12.2 Å². The van der Waals surface area contributed by atoms with Crippen molar-refractivity contribution < 1.29 is 13.9 Å². The van der Waals surface area contributed by atoms with Gasteiger partial charge in [0.05, 0.1) is 14.2 Å². The first-order valence-electron chi connectivity index (χ1n) is 4.52. The molecule has 16 heavy (non-hydrogen) atoms. The normalized spacial score (nSPS) is 10.1. The summed E-state index contributed by atoms with van der Waals surface area (Å²) < 4.78 is 15.5. The summed E-state index contributed by atoms with van der Waals surface area (Å²) in [6.45, 7) is 0. The molecule has 0 saturated carbocycles. The van der Waals surface area contributed by atoms with Crippen molar-refractivity contribution in [2.75, 3.05) is 14.2 Å². The SMILES string of the molecule is COc1cc(OC)cc(-c2n[nH]c(=S)o2)c1. The van der Waals surface area contributed by atoms with Gasteiger partial charge in [0.15, 0.2) is 0 Å². The summed E-state index contributed by atoms with van der Waals surface area (Å²) in [6.07, 6.45) is 0. The molecule has 0 spiro atoms. The molecule has 0 saturated heterocycles. The third kappa shape index (κ3) is 2.06. The summed E-state index contributed by atoms with van der Waals surface area (Å²) in [5.74, 6) is 1.74. The first kappa shape index (κ1) is 10.7. The molecule has 5 nitrogen and oxygen atoms in total. The van der Waals surface area contributed by atoms with Crippen LogP contribution in [0.15, 0.2) is 22.6 Å². The quantitative estimate of drug-likeness (QED) is 0.832. The minimum Gasteiger partial charge on any atom is -0.497 e. The van der Waals surface area contributed by atoms with Gasteiger partial charge in [0, 0.05) is 11.6 Å². The second-order valence-corrected chi connectivity index (χ2v) is 3.39. The first-order chi connectivity index (χ1) is 7.72. The van der Waals surface area contributed by atoms with Crippen LogP contribution in [0.1, 0.15) is 0 Å². The molecule has 1 heterocycles. The van der Waals surface area contributed by atoms with E-state index < -0.39 is 0 Å². The smallest absolute Gasteiger partial charge is 0.284 e. The predicted octanol–water partition coefficient (Wildman–Crippen LogP) is 2.42. The van der Waals surface area contributed by atoms with E-state index in [0.717, 1.165) is 5.56 Å². The van der Waals surface area contributed by atoms with Gasteiger partial charge in [-0.25, -0.2) is 5.10 Å². The summed E-state index contributed by atoms with van der Waals surface area (Å²) >= 11 is 4.81. The highest BCUT2D eigenvalue weighted by molar-refractivity contribution is 7.71. The molecule has 2 aromatic rings. The molecule has 0 aliphatic rings. The molecule has 0 radical (unpaired) electrons. The van der Waals surface area contributed by atoms with Gasteiger partial charge >= 0.3 is 0 Å². The maximum atomic E-state index is 5.21. The zero-order chi connectivity index (χ0) is 11.5. The number of aromatic nitrogens is 2. The number of hydrogen-bond donors (Lipinski definition) is 1. The molecule has 0 amide bonds. The average molecular weight is 238 g/mol. The van der Waals surface area contributed by atoms with Crippen LogP contribution in [0, 0.1) is 4.84 Å². The lowest BCUT2D eigenvalue weighted by Gasteiger charge is -2.05. The Labute approximate surface area is 97.0 Å².